The summed E-state index contributed by atoms with van der Waals surface area (Å²) in [6.07, 6.45) is 12.8. The summed E-state index contributed by atoms with van der Waals surface area (Å²) in [5.74, 6) is 0.923. The smallest absolute Gasteiger partial charge is 0.278 e. The van der Waals surface area contributed by atoms with Gasteiger partial charge in [0.2, 0.25) is 5.95 Å². The highest BCUT2D eigenvalue weighted by Crippen LogP contribution is 2.35. The van der Waals surface area contributed by atoms with Gasteiger partial charge in [0.1, 0.15) is 11.1 Å². The van der Waals surface area contributed by atoms with Gasteiger partial charge in [-0.3, -0.25) is 14.6 Å². The van der Waals surface area contributed by atoms with E-state index in [2.05, 4.69) is 19.9 Å². The van der Waals surface area contributed by atoms with E-state index in [4.69, 9.17) is 9.72 Å². The second-order valence-corrected chi connectivity index (χ2v) is 10.5. The number of allylic oxidation sites excluding steroid dienone is 2. The average Bonchev–Trinajstić information content (AvgIpc) is 3.57. The normalized spacial score (nSPS) is 14.7. The molecule has 0 aliphatic carbocycles. The van der Waals surface area contributed by atoms with Crippen molar-refractivity contribution >= 4 is 45.2 Å². The highest BCUT2D eigenvalue weighted by Gasteiger charge is 2.27. The van der Waals surface area contributed by atoms with Crippen molar-refractivity contribution in [3.63, 3.8) is 0 Å². The monoisotopic (exact) mass is 570 g/mol. The van der Waals surface area contributed by atoms with Crippen molar-refractivity contribution in [3.8, 4) is 17.1 Å². The van der Waals surface area contributed by atoms with Crippen LogP contribution in [0.15, 0.2) is 96.3 Å². The van der Waals surface area contributed by atoms with E-state index in [1.54, 1.807) is 26.7 Å². The Balaban J connectivity index is 1.22. The van der Waals surface area contributed by atoms with Crippen molar-refractivity contribution in [1.82, 2.24) is 28.9 Å². The van der Waals surface area contributed by atoms with Crippen molar-refractivity contribution in [2.75, 3.05) is 23.4 Å². The number of nitrogens with zero attached hydrogens (tertiary/aromatic N) is 7. The van der Waals surface area contributed by atoms with Crippen LogP contribution in [0, 0.1) is 0 Å². The third-order valence-corrected chi connectivity index (χ3v) is 7.87. The average molecular weight is 571 g/mol. The lowest BCUT2D eigenvalue weighted by Gasteiger charge is -2.30. The van der Waals surface area contributed by atoms with Crippen LogP contribution in [0.3, 0.4) is 0 Å². The number of fused-ring (bicyclic) bond motifs is 6. The molecule has 2 aliphatic rings. The molecule has 2 aliphatic heterocycles. The Hall–Kier alpha value is -5.71. The summed E-state index contributed by atoms with van der Waals surface area (Å²) in [5.41, 5.74) is 4.51. The Labute approximate surface area is 245 Å². The third-order valence-electron chi connectivity index (χ3n) is 7.87. The summed E-state index contributed by atoms with van der Waals surface area (Å²) in [7, 11) is 0. The number of amides is 1. The molecule has 4 aromatic heterocycles. The molecule has 6 heterocycles. The van der Waals surface area contributed by atoms with E-state index in [-0.39, 0.29) is 18.1 Å². The van der Waals surface area contributed by atoms with Crippen LogP contribution in [-0.4, -0.2) is 47.9 Å². The Morgan fingerprint density at radius 1 is 0.953 bits per heavy atom. The van der Waals surface area contributed by atoms with Gasteiger partial charge in [0.05, 0.1) is 35.3 Å². The fourth-order valence-corrected chi connectivity index (χ4v) is 5.81. The molecular formula is C32H26N8O3. The number of carbonyl (C=O) groups excluding carboxylic acids is 1. The summed E-state index contributed by atoms with van der Waals surface area (Å²) in [4.78, 5) is 41.7. The number of carbonyl (C=O) groups is 1. The molecule has 1 N–H and O–H groups in total. The molecule has 0 radical (unpaired) electrons. The molecule has 0 spiro atoms. The minimum atomic E-state index is -0.191. The zero-order valence-corrected chi connectivity index (χ0v) is 23.1. The van der Waals surface area contributed by atoms with Crippen molar-refractivity contribution in [2.45, 2.75) is 19.4 Å². The van der Waals surface area contributed by atoms with Crippen LogP contribution in [0.25, 0.3) is 33.3 Å². The van der Waals surface area contributed by atoms with Gasteiger partial charge in [-0.25, -0.2) is 14.3 Å². The van der Waals surface area contributed by atoms with Crippen LogP contribution < -0.4 is 20.5 Å². The van der Waals surface area contributed by atoms with Crippen LogP contribution >= 0.6 is 0 Å². The van der Waals surface area contributed by atoms with E-state index < -0.39 is 0 Å². The number of hydrogen-bond donors (Lipinski definition) is 1. The lowest BCUT2D eigenvalue weighted by atomic mass is 10.1. The first kappa shape index (κ1) is 25.0. The molecule has 11 nitrogen and oxygen atoms in total. The first-order chi connectivity index (χ1) is 21.1. The molecule has 6 aromatic rings. The number of benzene rings is 2. The summed E-state index contributed by atoms with van der Waals surface area (Å²) in [5, 5.41) is 4.76. The maximum Gasteiger partial charge on any atom is 0.278 e. The Bertz CT molecular complexity index is 2130. The molecule has 0 saturated heterocycles. The van der Waals surface area contributed by atoms with E-state index in [1.165, 1.54) is 0 Å². The quantitative estimate of drug-likeness (QED) is 0.306. The number of anilines is 3. The summed E-state index contributed by atoms with van der Waals surface area (Å²) in [6.45, 7) is 0.981. The van der Waals surface area contributed by atoms with Gasteiger partial charge in [-0.2, -0.15) is 4.98 Å². The molecular weight excluding hydrogens is 544 g/mol. The third kappa shape index (κ3) is 4.24. The zero-order valence-electron chi connectivity index (χ0n) is 23.1. The number of aromatic nitrogens is 6. The van der Waals surface area contributed by atoms with Gasteiger partial charge >= 0.3 is 0 Å². The first-order valence-electron chi connectivity index (χ1n) is 14.1. The van der Waals surface area contributed by atoms with Gasteiger partial charge in [0, 0.05) is 36.2 Å². The van der Waals surface area contributed by atoms with Crippen LogP contribution in [0.2, 0.25) is 0 Å². The van der Waals surface area contributed by atoms with Gasteiger partial charge in [-0.1, -0.05) is 12.2 Å². The minimum Gasteiger partial charge on any atom is -0.482 e. The topological polar surface area (TPSA) is 112 Å². The molecule has 0 fully saturated rings. The molecule has 43 heavy (non-hydrogen) atoms. The fourth-order valence-electron chi connectivity index (χ4n) is 5.81. The maximum absolute atomic E-state index is 13.6. The Kier molecular flexibility index (Phi) is 5.81. The summed E-state index contributed by atoms with van der Waals surface area (Å²) >= 11 is 0. The molecule has 1 amide bonds. The molecule has 0 unspecified atom stereocenters. The molecule has 8 rings (SSSR count). The van der Waals surface area contributed by atoms with Gasteiger partial charge in [0.15, 0.2) is 12.3 Å². The molecule has 0 atom stereocenters. The van der Waals surface area contributed by atoms with E-state index >= 15 is 0 Å². The highest BCUT2D eigenvalue weighted by atomic mass is 16.5. The molecule has 212 valence electrons. The fraction of sp³-hybridized carbons (Fsp3) is 0.156. The number of ether oxygens (including phenoxy) is 1. The van der Waals surface area contributed by atoms with Gasteiger partial charge in [0.25, 0.3) is 11.5 Å². The largest absolute Gasteiger partial charge is 0.482 e. The standard InChI is InChI=1S/C32H26N8O3/c41-29-20-43-28-10-8-23-17-27(28)38(29)13-3-1-2-4-14-39-31(42)25-19-34-32(36-30(25)40(23)39)35-22-7-9-26-21(16-22)11-15-37(26)24-6-5-12-33-18-24/h2,4-12,15-19H,1,3,13-14,20H2,(H,34,35,36). The number of nitrogens with one attached hydrogen (secondary N) is 1. The summed E-state index contributed by atoms with van der Waals surface area (Å²) in [6, 6.07) is 17.6. The van der Waals surface area contributed by atoms with Crippen molar-refractivity contribution < 1.29 is 9.53 Å². The lowest BCUT2D eigenvalue weighted by Crippen LogP contribution is -2.39. The van der Waals surface area contributed by atoms with E-state index in [9.17, 15) is 9.59 Å². The molecule has 2 bridgehead atoms. The van der Waals surface area contributed by atoms with Gasteiger partial charge < -0.3 is 19.5 Å². The first-order valence-corrected chi connectivity index (χ1v) is 14.1. The number of hydrogen-bond acceptors (Lipinski definition) is 7. The van der Waals surface area contributed by atoms with Crippen LogP contribution in [-0.2, 0) is 11.3 Å². The number of rotatable bonds is 3. The van der Waals surface area contributed by atoms with Crippen molar-refractivity contribution in [1.29, 1.82) is 0 Å². The lowest BCUT2D eigenvalue weighted by molar-refractivity contribution is -0.121. The van der Waals surface area contributed by atoms with Crippen molar-refractivity contribution in [3.05, 3.63) is 102 Å². The second-order valence-electron chi connectivity index (χ2n) is 10.5. The predicted molar refractivity (Wildman–Crippen MR) is 164 cm³/mol. The second kappa shape index (κ2) is 9.98. The summed E-state index contributed by atoms with van der Waals surface area (Å²) < 4.78 is 11.2. The molecule has 2 aromatic carbocycles. The van der Waals surface area contributed by atoms with Crippen LogP contribution in [0.4, 0.5) is 17.3 Å². The van der Waals surface area contributed by atoms with E-state index in [1.807, 2.05) is 79.1 Å². The molecule has 11 heteroatoms. The van der Waals surface area contributed by atoms with Crippen molar-refractivity contribution in [2.24, 2.45) is 0 Å². The number of pyridine rings is 1. The van der Waals surface area contributed by atoms with Crippen LogP contribution in [0.1, 0.15) is 12.8 Å². The SMILES string of the molecule is O=C1COc2ccc3cc2N1CCCC=CCn1c(=O)c2cnc(Nc4ccc5c(ccn5-c5cccnc5)c4)nc2n1-3. The Morgan fingerprint density at radius 3 is 2.81 bits per heavy atom. The van der Waals surface area contributed by atoms with Crippen LogP contribution in [0.5, 0.6) is 5.75 Å². The zero-order chi connectivity index (χ0) is 28.9. The van der Waals surface area contributed by atoms with Gasteiger partial charge in [-0.15, -0.1) is 0 Å². The maximum atomic E-state index is 13.6. The van der Waals surface area contributed by atoms with E-state index in [0.29, 0.717) is 47.2 Å². The van der Waals surface area contributed by atoms with E-state index in [0.717, 1.165) is 35.1 Å². The minimum absolute atomic E-state index is 0.0155. The highest BCUT2D eigenvalue weighted by molar-refractivity contribution is 5.98. The van der Waals surface area contributed by atoms with Gasteiger partial charge in [-0.05, 0) is 67.4 Å². The predicted octanol–water partition coefficient (Wildman–Crippen LogP) is 4.74. The molecule has 0 saturated carbocycles. The Morgan fingerprint density at radius 2 is 1.91 bits per heavy atom.